The molecule has 0 fully saturated rings. The molecule has 0 aliphatic carbocycles. The van der Waals surface area contributed by atoms with E-state index >= 15 is 0 Å². The van der Waals surface area contributed by atoms with Crippen LogP contribution in [0.4, 0.5) is 0 Å². The number of carbonyl (C=O) groups is 1. The van der Waals surface area contributed by atoms with Crippen molar-refractivity contribution < 1.29 is 4.79 Å². The molecule has 96 valence electrons. The molecule has 0 radical (unpaired) electrons. The molecule has 1 N–H and O–H groups in total. The Balaban J connectivity index is 2.11. The highest BCUT2D eigenvalue weighted by molar-refractivity contribution is 6.30. The topological polar surface area (TPSA) is 46.4 Å². The number of amides is 1. The van der Waals surface area contributed by atoms with Gasteiger partial charge in [-0.3, -0.25) is 4.79 Å². The summed E-state index contributed by atoms with van der Waals surface area (Å²) in [7, 11) is 0. The van der Waals surface area contributed by atoms with Crippen molar-refractivity contribution in [2.45, 2.75) is 27.3 Å². The number of aromatic nitrogens is 2. The highest BCUT2D eigenvalue weighted by atomic mass is 35.5. The van der Waals surface area contributed by atoms with Crippen LogP contribution in [0.25, 0.3) is 5.65 Å². The van der Waals surface area contributed by atoms with Gasteiger partial charge in [0, 0.05) is 17.8 Å². The summed E-state index contributed by atoms with van der Waals surface area (Å²) >= 11 is 5.90. The van der Waals surface area contributed by atoms with E-state index in [1.807, 2.05) is 37.4 Å². The lowest BCUT2D eigenvalue weighted by molar-refractivity contribution is -0.128. The van der Waals surface area contributed by atoms with E-state index in [4.69, 9.17) is 11.6 Å². The van der Waals surface area contributed by atoms with Crippen molar-refractivity contribution in [1.82, 2.24) is 14.7 Å². The number of halogens is 1. The monoisotopic (exact) mass is 265 g/mol. The zero-order chi connectivity index (χ0) is 13.3. The Kier molecular flexibility index (Phi) is 3.30. The predicted molar refractivity (Wildman–Crippen MR) is 71.5 cm³/mol. The molecule has 0 atom stereocenters. The highest BCUT2D eigenvalue weighted by Gasteiger charge is 2.20. The predicted octanol–water partition coefficient (Wildman–Crippen LogP) is 2.65. The van der Waals surface area contributed by atoms with Crippen LogP contribution in [0.2, 0.25) is 5.02 Å². The average molecular weight is 266 g/mol. The smallest absolute Gasteiger partial charge is 0.225 e. The minimum Gasteiger partial charge on any atom is -0.350 e. The summed E-state index contributed by atoms with van der Waals surface area (Å²) in [6.07, 6.45) is 3.66. The minimum atomic E-state index is -0.386. The second-order valence-corrected chi connectivity index (χ2v) is 5.71. The number of nitrogens with zero attached hydrogens (tertiary/aromatic N) is 2. The molecule has 2 aromatic rings. The second-order valence-electron chi connectivity index (χ2n) is 5.28. The van der Waals surface area contributed by atoms with Crippen LogP contribution in [0.5, 0.6) is 0 Å². The van der Waals surface area contributed by atoms with Gasteiger partial charge in [-0.1, -0.05) is 32.4 Å². The maximum Gasteiger partial charge on any atom is 0.225 e. The van der Waals surface area contributed by atoms with Crippen LogP contribution in [-0.2, 0) is 11.3 Å². The standard InChI is InChI=1S/C13H16ClN3O/c1-13(2,3)12(18)15-6-10-8-17-7-9(14)4-5-11(17)16-10/h4-5,7-8H,6H2,1-3H3,(H,15,18). The highest BCUT2D eigenvalue weighted by Crippen LogP contribution is 2.14. The fraction of sp³-hybridized carbons (Fsp3) is 0.385. The Labute approximate surface area is 111 Å². The Morgan fingerprint density at radius 2 is 2.11 bits per heavy atom. The number of imidazole rings is 1. The quantitative estimate of drug-likeness (QED) is 0.907. The Morgan fingerprint density at radius 3 is 2.78 bits per heavy atom. The van der Waals surface area contributed by atoms with E-state index in [2.05, 4.69) is 10.3 Å². The summed E-state index contributed by atoms with van der Waals surface area (Å²) in [6, 6.07) is 3.64. The largest absolute Gasteiger partial charge is 0.350 e. The van der Waals surface area contributed by atoms with Crippen molar-refractivity contribution >= 4 is 23.2 Å². The van der Waals surface area contributed by atoms with Crippen molar-refractivity contribution in [2.24, 2.45) is 5.41 Å². The van der Waals surface area contributed by atoms with Crippen molar-refractivity contribution in [3.05, 3.63) is 35.2 Å². The first-order valence-corrected chi connectivity index (χ1v) is 6.15. The third-order valence-corrected chi connectivity index (χ3v) is 2.80. The van der Waals surface area contributed by atoms with Crippen LogP contribution in [0.1, 0.15) is 26.5 Å². The van der Waals surface area contributed by atoms with E-state index in [0.717, 1.165) is 11.3 Å². The van der Waals surface area contributed by atoms with Gasteiger partial charge in [-0.2, -0.15) is 0 Å². The van der Waals surface area contributed by atoms with Gasteiger partial charge in [-0.25, -0.2) is 4.98 Å². The molecule has 1 amide bonds. The zero-order valence-electron chi connectivity index (χ0n) is 10.7. The fourth-order valence-electron chi connectivity index (χ4n) is 1.54. The molecule has 2 rings (SSSR count). The molecule has 5 heteroatoms. The van der Waals surface area contributed by atoms with Crippen LogP contribution < -0.4 is 5.32 Å². The normalized spacial score (nSPS) is 11.8. The van der Waals surface area contributed by atoms with Gasteiger partial charge in [0.25, 0.3) is 0 Å². The molecular formula is C13H16ClN3O. The zero-order valence-corrected chi connectivity index (χ0v) is 11.5. The molecule has 0 spiro atoms. The van der Waals surface area contributed by atoms with Crippen LogP contribution in [-0.4, -0.2) is 15.3 Å². The molecule has 18 heavy (non-hydrogen) atoms. The minimum absolute atomic E-state index is 0.0117. The SMILES string of the molecule is CC(C)(C)C(=O)NCc1cn2cc(Cl)ccc2n1. The van der Waals surface area contributed by atoms with E-state index in [1.165, 1.54) is 0 Å². The second kappa shape index (κ2) is 4.61. The number of hydrogen-bond acceptors (Lipinski definition) is 2. The molecule has 0 aromatic carbocycles. The molecule has 2 aromatic heterocycles. The lowest BCUT2D eigenvalue weighted by Crippen LogP contribution is -2.34. The lowest BCUT2D eigenvalue weighted by Gasteiger charge is -2.16. The number of rotatable bonds is 2. The summed E-state index contributed by atoms with van der Waals surface area (Å²) in [5, 5.41) is 3.52. The van der Waals surface area contributed by atoms with Gasteiger partial charge in [-0.15, -0.1) is 0 Å². The van der Waals surface area contributed by atoms with Crippen LogP contribution in [0.15, 0.2) is 24.5 Å². The van der Waals surface area contributed by atoms with Crippen LogP contribution in [0.3, 0.4) is 0 Å². The van der Waals surface area contributed by atoms with Gasteiger partial charge in [0.05, 0.1) is 17.3 Å². The number of nitrogens with one attached hydrogen (secondary N) is 1. The third-order valence-electron chi connectivity index (χ3n) is 2.58. The molecule has 0 unspecified atom stereocenters. The average Bonchev–Trinajstić information content (AvgIpc) is 2.66. The van der Waals surface area contributed by atoms with Gasteiger partial charge in [0.2, 0.25) is 5.91 Å². The van der Waals surface area contributed by atoms with Crippen molar-refractivity contribution in [2.75, 3.05) is 0 Å². The first-order chi connectivity index (χ1) is 8.36. The molecule has 0 bridgehead atoms. The summed E-state index contributed by atoms with van der Waals surface area (Å²) in [6.45, 7) is 6.07. The van der Waals surface area contributed by atoms with Gasteiger partial charge in [-0.05, 0) is 12.1 Å². The first kappa shape index (κ1) is 12.9. The number of fused-ring (bicyclic) bond motifs is 1. The van der Waals surface area contributed by atoms with E-state index in [-0.39, 0.29) is 11.3 Å². The van der Waals surface area contributed by atoms with Crippen molar-refractivity contribution in [3.8, 4) is 0 Å². The Bertz CT molecular complexity index is 583. The molecule has 0 saturated carbocycles. The summed E-state index contributed by atoms with van der Waals surface area (Å²) in [5.41, 5.74) is 1.25. The van der Waals surface area contributed by atoms with E-state index < -0.39 is 0 Å². The first-order valence-electron chi connectivity index (χ1n) is 5.78. The molecule has 4 nitrogen and oxygen atoms in total. The maximum absolute atomic E-state index is 11.7. The van der Waals surface area contributed by atoms with Crippen molar-refractivity contribution in [3.63, 3.8) is 0 Å². The Morgan fingerprint density at radius 1 is 1.39 bits per heavy atom. The van der Waals surface area contributed by atoms with Crippen LogP contribution >= 0.6 is 11.6 Å². The Hall–Kier alpha value is -1.55. The summed E-state index contributed by atoms with van der Waals surface area (Å²) in [5.74, 6) is 0.0117. The molecule has 0 aliphatic heterocycles. The van der Waals surface area contributed by atoms with E-state index in [0.29, 0.717) is 11.6 Å². The van der Waals surface area contributed by atoms with E-state index in [1.54, 1.807) is 12.3 Å². The molecular weight excluding hydrogens is 250 g/mol. The van der Waals surface area contributed by atoms with Gasteiger partial charge in [0.15, 0.2) is 0 Å². The molecule has 0 aliphatic rings. The number of hydrogen-bond donors (Lipinski definition) is 1. The van der Waals surface area contributed by atoms with E-state index in [9.17, 15) is 4.79 Å². The van der Waals surface area contributed by atoms with Gasteiger partial charge in [0.1, 0.15) is 5.65 Å². The summed E-state index contributed by atoms with van der Waals surface area (Å²) in [4.78, 5) is 16.1. The molecule has 0 saturated heterocycles. The number of pyridine rings is 1. The van der Waals surface area contributed by atoms with Gasteiger partial charge >= 0.3 is 0 Å². The number of carbonyl (C=O) groups excluding carboxylic acids is 1. The maximum atomic E-state index is 11.7. The fourth-order valence-corrected chi connectivity index (χ4v) is 1.71. The molecule has 2 heterocycles. The summed E-state index contributed by atoms with van der Waals surface area (Å²) < 4.78 is 1.85. The van der Waals surface area contributed by atoms with Gasteiger partial charge < -0.3 is 9.72 Å². The van der Waals surface area contributed by atoms with Crippen molar-refractivity contribution in [1.29, 1.82) is 0 Å². The lowest BCUT2D eigenvalue weighted by atomic mass is 9.96. The van der Waals surface area contributed by atoms with Crippen LogP contribution in [0, 0.1) is 5.41 Å². The third kappa shape index (κ3) is 2.82.